The van der Waals surface area contributed by atoms with Gasteiger partial charge in [0, 0.05) is 19.3 Å². The first kappa shape index (κ1) is 33.9. The van der Waals surface area contributed by atoms with Crippen LogP contribution in [0.15, 0.2) is 21.9 Å². The molecule has 1 aromatic heterocycles. The highest BCUT2D eigenvalue weighted by Crippen LogP contribution is 2.41. The minimum Gasteiger partial charge on any atom is -0.481 e. The molecule has 1 fully saturated rings. The van der Waals surface area contributed by atoms with Crippen LogP contribution < -0.4 is 11.2 Å². The van der Waals surface area contributed by atoms with Gasteiger partial charge in [0.05, 0.1) is 19.1 Å². The molecule has 1 aliphatic rings. The van der Waals surface area contributed by atoms with Crippen molar-refractivity contribution in [3.05, 3.63) is 33.1 Å². The monoisotopic (exact) mass is 652 g/mol. The molecule has 1 N–H and O–H groups in total. The molecule has 2 heterocycles. The van der Waals surface area contributed by atoms with Crippen LogP contribution in [0.2, 0.25) is 0 Å². The Morgan fingerprint density at radius 1 is 1.14 bits per heavy atom. The Morgan fingerprint density at radius 2 is 1.64 bits per heavy atom. The average Bonchev–Trinajstić information content (AvgIpc) is 3.24. The zero-order valence-electron chi connectivity index (χ0n) is 19.0. The molecule has 1 saturated heterocycles. The van der Waals surface area contributed by atoms with Gasteiger partial charge >= 0.3 is 26.3 Å². The van der Waals surface area contributed by atoms with Crippen LogP contribution in [0.1, 0.15) is 32.9 Å². The van der Waals surface area contributed by atoms with E-state index in [1.165, 1.54) is 23.9 Å². The van der Waals surface area contributed by atoms with Gasteiger partial charge < -0.3 is 19.3 Å². The van der Waals surface area contributed by atoms with E-state index in [0.717, 1.165) is 4.57 Å². The van der Waals surface area contributed by atoms with E-state index in [1.54, 1.807) is 13.8 Å². The predicted octanol–water partition coefficient (Wildman–Crippen LogP) is 4.60. The largest absolute Gasteiger partial charge is 0.481 e. The van der Waals surface area contributed by atoms with E-state index in [4.69, 9.17) is 93.4 Å². The zero-order chi connectivity index (χ0) is 27.9. The first-order valence-corrected chi connectivity index (χ1v) is 13.0. The molecule has 0 saturated carbocycles. The summed E-state index contributed by atoms with van der Waals surface area (Å²) in [6.45, 7) is 2.17. The second-order valence-corrected chi connectivity index (χ2v) is 13.0. The third-order valence-electron chi connectivity index (χ3n) is 4.45. The number of alkyl halides is 6. The van der Waals surface area contributed by atoms with E-state index in [9.17, 15) is 18.9 Å². The number of halogens is 6. The van der Waals surface area contributed by atoms with E-state index in [-0.39, 0.29) is 18.8 Å². The second-order valence-electron chi connectivity index (χ2n) is 7.63. The van der Waals surface area contributed by atoms with E-state index in [1.807, 2.05) is 0 Å². The van der Waals surface area contributed by atoms with E-state index in [2.05, 4.69) is 0 Å². The zero-order valence-corrected chi connectivity index (χ0v) is 24.5. The fraction of sp³-hybridized carbons (Fsp3) is 0.722. The fourth-order valence-corrected chi connectivity index (χ4v) is 3.30. The van der Waals surface area contributed by atoms with Crippen molar-refractivity contribution < 1.29 is 33.2 Å². The number of ether oxygens (including phenoxy) is 3. The van der Waals surface area contributed by atoms with Gasteiger partial charge in [-0.2, -0.15) is 0 Å². The lowest BCUT2D eigenvalue weighted by Crippen LogP contribution is -2.51. The van der Waals surface area contributed by atoms with Crippen molar-refractivity contribution in [3.63, 3.8) is 0 Å². The summed E-state index contributed by atoms with van der Waals surface area (Å²) in [5, 5.41) is 7.99. The summed E-state index contributed by atoms with van der Waals surface area (Å²) >= 11 is 34.4. The Labute approximate surface area is 237 Å². The van der Waals surface area contributed by atoms with Crippen molar-refractivity contribution in [1.82, 2.24) is 9.13 Å². The molecule has 1 aliphatic heterocycles. The van der Waals surface area contributed by atoms with Gasteiger partial charge in [-0.25, -0.2) is 13.9 Å². The molecule has 2 unspecified atom stereocenters. The number of aliphatic carboxylic acids is 1. The minimum atomic E-state index is -2.20. The number of carbonyl (C=O) groups is 1. The molecular formula is C18H23Cl6N2O9P. The van der Waals surface area contributed by atoms with Crippen LogP contribution in [0.5, 0.6) is 0 Å². The van der Waals surface area contributed by atoms with Gasteiger partial charge in [-0.1, -0.05) is 83.5 Å². The summed E-state index contributed by atoms with van der Waals surface area (Å²) in [7, 11) is 0.461. The number of rotatable bonds is 9. The molecule has 206 valence electrons. The molecule has 0 aliphatic carbocycles. The van der Waals surface area contributed by atoms with Gasteiger partial charge in [0.15, 0.2) is 0 Å². The number of carboxylic acids is 1. The highest BCUT2D eigenvalue weighted by Gasteiger charge is 2.51. The van der Waals surface area contributed by atoms with Gasteiger partial charge in [0.1, 0.15) is 12.3 Å². The summed E-state index contributed by atoms with van der Waals surface area (Å²) in [6, 6.07) is 1.21. The summed E-state index contributed by atoms with van der Waals surface area (Å²) < 4.78 is 31.5. The third kappa shape index (κ3) is 10.9. The van der Waals surface area contributed by atoms with Crippen LogP contribution >= 0.6 is 78.3 Å². The Kier molecular flexibility index (Phi) is 13.4. The van der Waals surface area contributed by atoms with Crippen LogP contribution in [0.3, 0.4) is 0 Å². The quantitative estimate of drug-likeness (QED) is 0.230. The van der Waals surface area contributed by atoms with Crippen LogP contribution in [0.4, 0.5) is 0 Å². The smallest absolute Gasteiger partial charge is 0.332 e. The predicted molar refractivity (Wildman–Crippen MR) is 135 cm³/mol. The van der Waals surface area contributed by atoms with Crippen LogP contribution in [0.25, 0.3) is 0 Å². The standard InChI is InChI=1S/C14H15Cl6N2O7P.C4H8O2/c1-21-9(23)4-5-22(11(21)24)10-3-2-8(28-10)14(29-30-25,26-6-12(15,16)17)27-7-13(18,19)20;1-3(2)4(5)6/h4-5,8,10H,2-3,6-7H2,1H3;3H,1-2H3,(H,5,6). The van der Waals surface area contributed by atoms with Crippen molar-refractivity contribution in [2.45, 2.75) is 52.6 Å². The molecular weight excluding hydrogens is 632 g/mol. The summed E-state index contributed by atoms with van der Waals surface area (Å²) in [5.74, 6) is -3.17. The van der Waals surface area contributed by atoms with Gasteiger partial charge in [-0.15, -0.1) is 0 Å². The van der Waals surface area contributed by atoms with Crippen molar-refractivity contribution in [1.29, 1.82) is 0 Å². The number of hydrogen-bond donors (Lipinski definition) is 1. The fourth-order valence-electron chi connectivity index (χ4n) is 2.65. The van der Waals surface area contributed by atoms with Crippen molar-refractivity contribution >= 4 is 84.3 Å². The number of nitrogens with zero attached hydrogens (tertiary/aromatic N) is 2. The molecule has 1 aromatic rings. The molecule has 18 heteroatoms. The topological polar surface area (TPSA) is 135 Å². The molecule has 11 nitrogen and oxygen atoms in total. The van der Waals surface area contributed by atoms with Gasteiger partial charge in [0.2, 0.25) is 7.59 Å². The maximum absolute atomic E-state index is 12.4. The van der Waals surface area contributed by atoms with Gasteiger partial charge in [0.25, 0.3) is 5.56 Å². The third-order valence-corrected chi connectivity index (χ3v) is 5.43. The van der Waals surface area contributed by atoms with Crippen LogP contribution in [0, 0.1) is 5.92 Å². The molecule has 36 heavy (non-hydrogen) atoms. The molecule has 2 rings (SSSR count). The molecule has 2 atom stereocenters. The van der Waals surface area contributed by atoms with E-state index >= 15 is 0 Å². The summed E-state index contributed by atoms with van der Waals surface area (Å²) in [4.78, 5) is 33.7. The second kappa shape index (κ2) is 14.3. The Morgan fingerprint density at radius 3 is 2.06 bits per heavy atom. The molecule has 0 spiro atoms. The van der Waals surface area contributed by atoms with E-state index in [0.29, 0.717) is 0 Å². The van der Waals surface area contributed by atoms with Gasteiger partial charge in [-0.3, -0.25) is 18.7 Å². The Balaban J connectivity index is 0.000000960. The number of hydrogen-bond acceptors (Lipinski definition) is 8. The number of aromatic nitrogens is 2. The lowest BCUT2D eigenvalue weighted by Gasteiger charge is -2.36. The lowest BCUT2D eigenvalue weighted by atomic mass is 10.2. The lowest BCUT2D eigenvalue weighted by molar-refractivity contribution is -0.381. The number of carboxylic acid groups (broad SMARTS) is 1. The van der Waals surface area contributed by atoms with Gasteiger partial charge in [-0.05, 0) is 12.8 Å². The first-order chi connectivity index (χ1) is 16.4. The minimum absolute atomic E-state index is 0.190. The maximum Gasteiger partial charge on any atom is 0.332 e. The molecule has 0 radical (unpaired) electrons. The first-order valence-electron chi connectivity index (χ1n) is 10.0. The normalized spacial score (nSPS) is 18.8. The maximum atomic E-state index is 12.4. The van der Waals surface area contributed by atoms with Crippen molar-refractivity contribution in [3.8, 4) is 0 Å². The Hall–Kier alpha value is -0.170. The SMILES string of the molecule is CC(C)C(=O)O.Cn1c(=O)ccn(C2CCC(C(OCC(Cl)(Cl)Cl)(OCC(Cl)(Cl)Cl)OP=O)O2)c1=O. The van der Waals surface area contributed by atoms with E-state index < -0.39 is 65.0 Å². The van der Waals surface area contributed by atoms with Crippen LogP contribution in [-0.4, -0.2) is 53.1 Å². The van der Waals surface area contributed by atoms with Crippen LogP contribution in [-0.2, 0) is 35.1 Å². The summed E-state index contributed by atoms with van der Waals surface area (Å²) in [5.41, 5.74) is -1.09. The highest BCUT2D eigenvalue weighted by atomic mass is 35.6. The van der Waals surface area contributed by atoms with Crippen molar-refractivity contribution in [2.75, 3.05) is 13.2 Å². The average molecular weight is 655 g/mol. The van der Waals surface area contributed by atoms with Crippen molar-refractivity contribution in [2.24, 2.45) is 13.0 Å². The molecule has 0 aromatic carbocycles. The highest BCUT2D eigenvalue weighted by molar-refractivity contribution is 7.17. The summed E-state index contributed by atoms with van der Waals surface area (Å²) in [6.07, 6.45) is -0.148. The molecule has 0 amide bonds. The Bertz CT molecular complexity index is 990. The molecule has 0 bridgehead atoms.